The number of hydrogen-bond acceptors (Lipinski definition) is 5. The molecule has 1 aliphatic heterocycles. The number of hydrogen-bond donors (Lipinski definition) is 1. The van der Waals surface area contributed by atoms with Gasteiger partial charge in [0.15, 0.2) is 0 Å². The van der Waals surface area contributed by atoms with Gasteiger partial charge in [0.05, 0.1) is 4.92 Å². The molecule has 17 heavy (non-hydrogen) atoms. The molecule has 2 rings (SSSR count). The minimum absolute atomic E-state index is 0.0774. The Kier molecular flexibility index (Phi) is 3.04. The van der Waals surface area contributed by atoms with E-state index in [9.17, 15) is 10.1 Å². The van der Waals surface area contributed by atoms with Crippen molar-refractivity contribution in [1.29, 1.82) is 0 Å². The summed E-state index contributed by atoms with van der Waals surface area (Å²) in [6, 6.07) is 6.40. The molecule has 2 N–H and O–H groups in total. The number of nitrogens with zero attached hydrogens (tertiary/aromatic N) is 2. The maximum absolute atomic E-state index is 10.5. The molecule has 1 atom stereocenters. The highest BCUT2D eigenvalue weighted by Crippen LogP contribution is 2.14. The summed E-state index contributed by atoms with van der Waals surface area (Å²) in [6.45, 7) is 0.440. The molecule has 0 aromatic heterocycles. The monoisotopic (exact) mass is 233 g/mol. The van der Waals surface area contributed by atoms with Crippen LogP contribution in [-0.4, -0.2) is 23.6 Å². The molecule has 0 spiro atoms. The van der Waals surface area contributed by atoms with Crippen molar-refractivity contribution in [2.75, 3.05) is 6.61 Å². The van der Waals surface area contributed by atoms with E-state index in [-0.39, 0.29) is 17.8 Å². The van der Waals surface area contributed by atoms with Crippen molar-refractivity contribution in [1.82, 2.24) is 0 Å². The third kappa shape index (κ3) is 2.81. The number of rotatable bonds is 3. The minimum atomic E-state index is -0.427. The van der Waals surface area contributed by atoms with Gasteiger partial charge in [0.1, 0.15) is 12.6 Å². The average molecular weight is 233 g/mol. The van der Waals surface area contributed by atoms with E-state index in [0.29, 0.717) is 6.61 Å². The molecule has 0 saturated heterocycles. The number of amidine groups is 1. The Labute approximate surface area is 97.6 Å². The second-order valence-corrected chi connectivity index (χ2v) is 3.55. The fraction of sp³-hybridized carbons (Fsp3) is 0.182. The zero-order valence-corrected chi connectivity index (χ0v) is 8.95. The molecule has 1 unspecified atom stereocenters. The van der Waals surface area contributed by atoms with Crippen LogP contribution in [0.2, 0.25) is 0 Å². The van der Waals surface area contributed by atoms with Crippen molar-refractivity contribution in [2.45, 2.75) is 6.04 Å². The molecule has 88 valence electrons. The molecule has 1 heterocycles. The zero-order chi connectivity index (χ0) is 12.3. The van der Waals surface area contributed by atoms with Gasteiger partial charge in [-0.05, 0) is 17.7 Å². The summed E-state index contributed by atoms with van der Waals surface area (Å²) < 4.78 is 4.99. The first-order chi connectivity index (χ1) is 8.15. The lowest BCUT2D eigenvalue weighted by atomic mass is 10.1. The summed E-state index contributed by atoms with van der Waals surface area (Å²) >= 11 is 0. The lowest BCUT2D eigenvalue weighted by Crippen LogP contribution is -2.10. The molecule has 0 bridgehead atoms. The first-order valence-electron chi connectivity index (χ1n) is 5.04. The predicted molar refractivity (Wildman–Crippen MR) is 63.5 cm³/mol. The molecular weight excluding hydrogens is 222 g/mol. The molecule has 6 nitrogen and oxygen atoms in total. The average Bonchev–Trinajstić information content (AvgIpc) is 2.73. The second kappa shape index (κ2) is 4.65. The molecule has 0 radical (unpaired) electrons. The normalized spacial score (nSPS) is 19.1. The largest absolute Gasteiger partial charge is 0.463 e. The number of benzene rings is 1. The molecule has 0 fully saturated rings. The highest BCUT2D eigenvalue weighted by atomic mass is 16.6. The van der Waals surface area contributed by atoms with Crippen LogP contribution in [0.4, 0.5) is 5.69 Å². The Bertz CT molecular complexity index is 479. The van der Waals surface area contributed by atoms with Gasteiger partial charge in [0.25, 0.3) is 11.7 Å². The molecule has 1 aromatic rings. The van der Waals surface area contributed by atoms with Crippen molar-refractivity contribution in [3.63, 3.8) is 0 Å². The van der Waals surface area contributed by atoms with Crippen LogP contribution in [0.1, 0.15) is 5.56 Å². The van der Waals surface area contributed by atoms with Crippen LogP contribution >= 0.6 is 0 Å². The van der Waals surface area contributed by atoms with E-state index in [1.165, 1.54) is 12.1 Å². The highest BCUT2D eigenvalue weighted by Gasteiger charge is 2.12. The summed E-state index contributed by atoms with van der Waals surface area (Å²) in [6.07, 6.45) is 3.68. The first kappa shape index (κ1) is 11.1. The van der Waals surface area contributed by atoms with Gasteiger partial charge in [-0.1, -0.05) is 12.2 Å². The van der Waals surface area contributed by atoms with E-state index in [4.69, 9.17) is 10.5 Å². The molecule has 0 aliphatic carbocycles. The Morgan fingerprint density at radius 1 is 1.47 bits per heavy atom. The van der Waals surface area contributed by atoms with Gasteiger partial charge in [-0.3, -0.25) is 10.1 Å². The number of nitrogens with two attached hydrogens (primary N) is 1. The summed E-state index contributed by atoms with van der Waals surface area (Å²) in [4.78, 5) is 14.1. The topological polar surface area (TPSA) is 90.8 Å². The zero-order valence-electron chi connectivity index (χ0n) is 8.95. The van der Waals surface area contributed by atoms with E-state index in [1.807, 2.05) is 12.2 Å². The summed E-state index contributed by atoms with van der Waals surface area (Å²) in [7, 11) is 0. The van der Waals surface area contributed by atoms with Gasteiger partial charge < -0.3 is 10.5 Å². The highest BCUT2D eigenvalue weighted by molar-refractivity contribution is 5.73. The van der Waals surface area contributed by atoms with E-state index in [1.54, 1.807) is 12.1 Å². The Morgan fingerprint density at radius 3 is 2.71 bits per heavy atom. The number of non-ortho nitro benzene ring substituents is 1. The van der Waals surface area contributed by atoms with Gasteiger partial charge >= 0.3 is 0 Å². The van der Waals surface area contributed by atoms with Crippen LogP contribution < -0.4 is 5.73 Å². The van der Waals surface area contributed by atoms with E-state index in [0.717, 1.165) is 5.56 Å². The number of nitro benzene ring substituents is 1. The maximum atomic E-state index is 10.5. The van der Waals surface area contributed by atoms with Gasteiger partial charge in [-0.25, -0.2) is 4.99 Å². The van der Waals surface area contributed by atoms with Gasteiger partial charge in [-0.15, -0.1) is 0 Å². The molecule has 6 heteroatoms. The van der Waals surface area contributed by atoms with E-state index < -0.39 is 4.92 Å². The van der Waals surface area contributed by atoms with Crippen molar-refractivity contribution in [3.05, 3.63) is 46.0 Å². The molecule has 0 amide bonds. The second-order valence-electron chi connectivity index (χ2n) is 3.55. The quantitative estimate of drug-likeness (QED) is 0.629. The summed E-state index contributed by atoms with van der Waals surface area (Å²) in [5, 5.41) is 10.5. The van der Waals surface area contributed by atoms with Crippen LogP contribution in [-0.2, 0) is 4.74 Å². The molecule has 1 aromatic carbocycles. The SMILES string of the molecule is NC1=NC(C=Cc2ccc([N+](=O)[O-])cc2)CO1. The smallest absolute Gasteiger partial charge is 0.282 e. The minimum Gasteiger partial charge on any atom is -0.463 e. The van der Waals surface area contributed by atoms with Crippen LogP contribution in [0.25, 0.3) is 6.08 Å². The fourth-order valence-corrected chi connectivity index (χ4v) is 1.44. The summed E-state index contributed by atoms with van der Waals surface area (Å²) in [5.74, 6) is 0. The van der Waals surface area contributed by atoms with Crippen LogP contribution in [0, 0.1) is 10.1 Å². The fourth-order valence-electron chi connectivity index (χ4n) is 1.44. The van der Waals surface area contributed by atoms with Crippen LogP contribution in [0.3, 0.4) is 0 Å². The Hall–Kier alpha value is -2.37. The molecule has 0 saturated carbocycles. The van der Waals surface area contributed by atoms with Gasteiger partial charge in [0, 0.05) is 12.1 Å². The predicted octanol–water partition coefficient (Wildman–Crippen LogP) is 1.32. The lowest BCUT2D eigenvalue weighted by Gasteiger charge is -1.97. The van der Waals surface area contributed by atoms with Crippen molar-refractivity contribution >= 4 is 17.8 Å². The van der Waals surface area contributed by atoms with Crippen LogP contribution in [0.15, 0.2) is 35.3 Å². The van der Waals surface area contributed by atoms with Gasteiger partial charge in [0.2, 0.25) is 0 Å². The maximum Gasteiger partial charge on any atom is 0.282 e. The number of aliphatic imine (C=N–C) groups is 1. The lowest BCUT2D eigenvalue weighted by molar-refractivity contribution is -0.384. The number of nitro groups is 1. The standard InChI is InChI=1S/C11H11N3O3/c12-11-13-9(7-17-11)4-1-8-2-5-10(6-3-8)14(15)16/h1-6,9H,7H2,(H2,12,13). The molecular formula is C11H11N3O3. The van der Waals surface area contributed by atoms with Crippen molar-refractivity contribution < 1.29 is 9.66 Å². The van der Waals surface area contributed by atoms with Gasteiger partial charge in [-0.2, -0.15) is 0 Å². The summed E-state index contributed by atoms with van der Waals surface area (Å²) in [5.41, 5.74) is 6.32. The third-order valence-corrected chi connectivity index (χ3v) is 2.31. The third-order valence-electron chi connectivity index (χ3n) is 2.31. The van der Waals surface area contributed by atoms with E-state index >= 15 is 0 Å². The number of ether oxygens (including phenoxy) is 1. The Balaban J connectivity index is 2.04. The molecule has 1 aliphatic rings. The first-order valence-corrected chi connectivity index (χ1v) is 5.04. The Morgan fingerprint density at radius 2 is 2.18 bits per heavy atom. The van der Waals surface area contributed by atoms with Crippen molar-refractivity contribution in [3.8, 4) is 0 Å². The van der Waals surface area contributed by atoms with Crippen LogP contribution in [0.5, 0.6) is 0 Å². The van der Waals surface area contributed by atoms with E-state index in [2.05, 4.69) is 4.99 Å². The van der Waals surface area contributed by atoms with Crippen molar-refractivity contribution in [2.24, 2.45) is 10.7 Å².